The van der Waals surface area contributed by atoms with Crippen LogP contribution in [0.25, 0.3) is 10.8 Å². The van der Waals surface area contributed by atoms with E-state index < -0.39 is 0 Å². The minimum Gasteiger partial charge on any atom is -0.508 e. The Morgan fingerprint density at radius 2 is 0.523 bits per heavy atom. The molecule has 0 bridgehead atoms. The van der Waals surface area contributed by atoms with Crippen molar-refractivity contribution in [2.45, 2.75) is 126 Å². The summed E-state index contributed by atoms with van der Waals surface area (Å²) >= 11 is 13.9. The lowest BCUT2D eigenvalue weighted by atomic mass is 9.84. The molecule has 130 heavy (non-hydrogen) atoms. The highest BCUT2D eigenvalue weighted by Gasteiger charge is 2.34. The van der Waals surface area contributed by atoms with Gasteiger partial charge in [-0.05, 0) is 297 Å². The van der Waals surface area contributed by atoms with E-state index in [4.69, 9.17) is 33.0 Å². The number of halogens is 2. The number of fused-ring (bicyclic) bond motifs is 1. The second-order valence-corrected chi connectivity index (χ2v) is 46.8. The second-order valence-electron chi connectivity index (χ2n) is 30.5. The van der Waals surface area contributed by atoms with Crippen molar-refractivity contribution in [3.05, 3.63) is 507 Å². The zero-order valence-corrected chi connectivity index (χ0v) is 82.3. The lowest BCUT2D eigenvalue weighted by Crippen LogP contribution is -2.07. The quantitative estimate of drug-likeness (QED) is 0.0771. The third-order valence-electron chi connectivity index (χ3n) is 21.2. The molecule has 1 saturated carbocycles. The van der Waals surface area contributed by atoms with Crippen molar-refractivity contribution in [2.75, 3.05) is 38.4 Å². The molecule has 0 saturated heterocycles. The maximum Gasteiger partial charge on any atom is 0.174 e. The first kappa shape index (κ1) is 96.7. The van der Waals surface area contributed by atoms with Crippen molar-refractivity contribution in [2.24, 2.45) is 0 Å². The second kappa shape index (κ2) is 52.3. The highest BCUT2D eigenvalue weighted by molar-refractivity contribution is 7.99. The van der Waals surface area contributed by atoms with Crippen LogP contribution in [0.1, 0.15) is 43.6 Å². The van der Waals surface area contributed by atoms with E-state index in [0.717, 1.165) is 21.7 Å². The topological polar surface area (TPSA) is 29.5 Å². The van der Waals surface area contributed by atoms with Crippen LogP contribution >= 0.6 is 35.0 Å². The highest BCUT2D eigenvalue weighted by Crippen LogP contribution is 2.41. The van der Waals surface area contributed by atoms with E-state index in [-0.39, 0.29) is 54.5 Å². The van der Waals surface area contributed by atoms with Gasteiger partial charge in [0.15, 0.2) is 78.3 Å². The van der Waals surface area contributed by atoms with Gasteiger partial charge in [-0.25, -0.2) is 0 Å². The smallest absolute Gasteiger partial charge is 0.174 e. The number of aromatic hydroxyl groups is 1. The Balaban J connectivity index is 0.000000133. The Kier molecular flexibility index (Phi) is 38.9. The van der Waals surface area contributed by atoms with Crippen LogP contribution in [0.4, 0.5) is 0 Å². The average molecular weight is 1890 g/mol. The summed E-state index contributed by atoms with van der Waals surface area (Å²) in [7, 11) is 2.19. The van der Waals surface area contributed by atoms with E-state index in [9.17, 15) is 0 Å². The summed E-state index contributed by atoms with van der Waals surface area (Å²) in [6.45, 7) is 0. The fourth-order valence-electron chi connectivity index (χ4n) is 14.6. The standard InChI is InChI=1S/C24H19S2.C24H25S.C22H17S.C19H15Cl2OS.C13H13S.C8H10OS.C8H11S/c1-4-10-20(11-5-1)25-21-16-18-24(19-17-21)26(22-12-6-2-7-13-22)23-14-8-3-9-15-23;1-4-10-20(11-5-1)21-16-18-24(19-17-21)25(22-12-6-2-7-13-22)23-14-8-3-9-15-23;1-3-12-19(13-4-1)23(20-14-5-2-6-15-20)22-17-9-11-18-10-7-8-16-21(18)22;1-22-16-6-12-19(13-7-16)23(17-8-2-14(20)3-9-17)18-10-4-15(21)5-11-18;1-14(12-8-4-2-5-9-12)13-10-6-3-7-11-13;1-10(2)8-5-3-7(9)4-6-8;1-9(2)8-6-4-3-5-7-8/h1-19H;2-3,6-9,12-20H,1,4-5,10-11H2;1-17H;2-13H,1H3;2-11H,1H3;3-6H,1-2H3;3-7H,1-2H3/q5*+1;;+1/p+1. The number of methoxy groups -OCH3 is 1. The van der Waals surface area contributed by atoms with Crippen LogP contribution in [0.2, 0.25) is 10.0 Å². The van der Waals surface area contributed by atoms with Crippen molar-refractivity contribution >= 4 is 122 Å². The SMILES string of the molecule is COc1ccc([S+](c2ccc(Cl)cc2)c2ccc(Cl)cc2)cc1.C[S+](C)c1ccc(O)cc1.C[S+](C)c1ccccc1.C[S+](c1ccccc1)c1ccccc1.c1ccc(Sc2ccc([S+](c3ccccc3)c3ccccc3)cc2)cc1.c1ccc([S+](c2ccccc2)c2ccc(C3CCCCC3)cc2)cc1.c1ccc([S+](c2ccccc2)c2cccc3ccccc23)cc1. The largest absolute Gasteiger partial charge is 0.508 e. The molecule has 12 heteroatoms. The summed E-state index contributed by atoms with van der Waals surface area (Å²) in [5.74, 6) is 1.97. The molecule has 19 rings (SSSR count). The number of phenols is 1. The molecule has 0 atom stereocenters. The summed E-state index contributed by atoms with van der Waals surface area (Å²) in [5.41, 5.74) is 1.54. The van der Waals surface area contributed by atoms with Crippen molar-refractivity contribution in [3.8, 4) is 11.5 Å². The number of ether oxygens (including phenoxy) is 1. The maximum atomic E-state index is 8.94. The lowest BCUT2D eigenvalue weighted by molar-refractivity contribution is 0.414. The molecule has 0 aromatic heterocycles. The predicted octanol–water partition coefficient (Wildman–Crippen LogP) is 32.7. The molecule has 0 unspecified atom stereocenters. The van der Waals surface area contributed by atoms with Gasteiger partial charge < -0.3 is 9.84 Å². The summed E-state index contributed by atoms with van der Waals surface area (Å²) in [4.78, 5) is 24.0. The normalized spacial score (nSPS) is 11.6. The van der Waals surface area contributed by atoms with Gasteiger partial charge in [-0.2, -0.15) is 0 Å². The van der Waals surface area contributed by atoms with Crippen LogP contribution in [0.3, 0.4) is 0 Å². The van der Waals surface area contributed by atoms with Crippen molar-refractivity contribution < 1.29 is 9.84 Å². The van der Waals surface area contributed by atoms with E-state index in [1.54, 1.807) is 31.0 Å². The van der Waals surface area contributed by atoms with Crippen molar-refractivity contribution in [1.29, 1.82) is 0 Å². The molecule has 18 aromatic carbocycles. The summed E-state index contributed by atoms with van der Waals surface area (Å²) in [5, 5.41) is 13.1. The first-order valence-electron chi connectivity index (χ1n) is 43.4. The van der Waals surface area contributed by atoms with Crippen LogP contribution in [0.5, 0.6) is 11.5 Å². The monoisotopic (exact) mass is 1890 g/mol. The summed E-state index contributed by atoms with van der Waals surface area (Å²) in [6.07, 6.45) is 18.0. The molecule has 2 nitrogen and oxygen atoms in total. The lowest BCUT2D eigenvalue weighted by Gasteiger charge is -2.22. The van der Waals surface area contributed by atoms with Gasteiger partial charge >= 0.3 is 0 Å². The summed E-state index contributed by atoms with van der Waals surface area (Å²) in [6, 6.07) is 173. The van der Waals surface area contributed by atoms with Gasteiger partial charge in [0.05, 0.1) is 61.6 Å². The molecule has 1 N–H and O–H groups in total. The molecule has 0 amide bonds. The molecule has 0 radical (unpaired) electrons. The van der Waals surface area contributed by atoms with Gasteiger partial charge in [0.25, 0.3) is 0 Å². The van der Waals surface area contributed by atoms with Crippen LogP contribution in [0, 0.1) is 0 Å². The molecule has 0 heterocycles. The van der Waals surface area contributed by atoms with Gasteiger partial charge in [-0.3, -0.25) is 0 Å². The zero-order chi connectivity index (χ0) is 90.3. The molecule has 18 aromatic rings. The molecular weight excluding hydrogens is 1780 g/mol. The molecule has 650 valence electrons. The van der Waals surface area contributed by atoms with E-state index in [1.807, 2.05) is 48.5 Å². The fourth-order valence-corrected chi connectivity index (χ4v) is 26.9. The number of benzene rings is 18. The Morgan fingerprint density at radius 1 is 0.254 bits per heavy atom. The van der Waals surface area contributed by atoms with E-state index in [1.165, 1.54) is 137 Å². The minimum atomic E-state index is -0.214. The van der Waals surface area contributed by atoms with Crippen LogP contribution in [0.15, 0.2) is 579 Å². The average Bonchev–Trinajstić information content (AvgIpc) is 0.789. The third kappa shape index (κ3) is 29.4. The van der Waals surface area contributed by atoms with E-state index in [2.05, 4.69) is 462 Å². The zero-order valence-electron chi connectivity index (χ0n) is 74.3. The molecule has 0 spiro atoms. The van der Waals surface area contributed by atoms with Crippen LogP contribution in [-0.2, 0) is 76.3 Å². The van der Waals surface area contributed by atoms with E-state index >= 15 is 0 Å². The minimum absolute atomic E-state index is 0.0278. The highest BCUT2D eigenvalue weighted by atomic mass is 35.5. The van der Waals surface area contributed by atoms with Crippen LogP contribution in [-0.4, -0.2) is 43.5 Å². The predicted molar refractivity (Wildman–Crippen MR) is 569 cm³/mol. The molecular formula is C118H111Cl2O2S8+7. The Bertz CT molecular complexity index is 6000. The number of phenolic OH excluding ortho intramolecular Hbond substituents is 1. The number of hydrogen-bond donors (Lipinski definition) is 1. The molecule has 1 fully saturated rings. The first-order valence-corrected chi connectivity index (χ1v) is 55.6. The van der Waals surface area contributed by atoms with Gasteiger partial charge in [0.2, 0.25) is 0 Å². The van der Waals surface area contributed by atoms with Crippen molar-refractivity contribution in [1.82, 2.24) is 0 Å². The number of hydrogen-bond acceptors (Lipinski definition) is 3. The van der Waals surface area contributed by atoms with Crippen molar-refractivity contribution in [3.63, 3.8) is 0 Å². The van der Waals surface area contributed by atoms with Gasteiger partial charge in [0, 0.05) is 47.0 Å². The first-order chi connectivity index (χ1) is 63.8. The fraction of sp³-hybridized carbons (Fsp3) is 0.102. The summed E-state index contributed by atoms with van der Waals surface area (Å²) < 4.78 is 5.26. The Hall–Kier alpha value is -10.8. The Labute approximate surface area is 807 Å². The third-order valence-corrected chi connectivity index (χ3v) is 36.1. The van der Waals surface area contributed by atoms with Gasteiger partial charge in [0.1, 0.15) is 42.8 Å². The molecule has 1 aliphatic carbocycles. The molecule has 1 aliphatic rings. The van der Waals surface area contributed by atoms with Crippen LogP contribution < -0.4 is 4.74 Å². The van der Waals surface area contributed by atoms with Gasteiger partial charge in [-0.1, -0.05) is 279 Å². The van der Waals surface area contributed by atoms with Gasteiger partial charge in [-0.15, -0.1) is 0 Å². The number of rotatable bonds is 20. The maximum absolute atomic E-state index is 8.94. The molecule has 0 aliphatic heterocycles. The Morgan fingerprint density at radius 3 is 0.877 bits per heavy atom. The van der Waals surface area contributed by atoms with E-state index in [0.29, 0.717) is 27.5 Å².